The molecule has 2 aromatic heterocycles. The van der Waals surface area contributed by atoms with E-state index < -0.39 is 0 Å². The molecular formula is C10H11N3. The predicted octanol–water partition coefficient (Wildman–Crippen LogP) is 2.09. The van der Waals surface area contributed by atoms with Crippen LogP contribution in [0.3, 0.4) is 0 Å². The number of hydrogen-bond acceptors (Lipinski definition) is 2. The molecule has 3 heteroatoms. The van der Waals surface area contributed by atoms with Gasteiger partial charge in [-0.05, 0) is 37.6 Å². The summed E-state index contributed by atoms with van der Waals surface area (Å²) in [5, 5.41) is 6.79. The van der Waals surface area contributed by atoms with E-state index in [-0.39, 0.29) is 0 Å². The number of aryl methyl sites for hydroxylation is 2. The van der Waals surface area contributed by atoms with E-state index >= 15 is 0 Å². The third kappa shape index (κ3) is 1.59. The Balaban J connectivity index is 2.53. The molecular weight excluding hydrogens is 162 g/mol. The first-order chi connectivity index (χ1) is 6.25. The SMILES string of the molecule is Cc1cc(C)nc(-c2ccn[nH]2)c1. The van der Waals surface area contributed by atoms with Crippen molar-refractivity contribution < 1.29 is 0 Å². The fraction of sp³-hybridized carbons (Fsp3) is 0.200. The Morgan fingerprint density at radius 2 is 2.08 bits per heavy atom. The van der Waals surface area contributed by atoms with E-state index in [1.807, 2.05) is 19.1 Å². The van der Waals surface area contributed by atoms with Crippen molar-refractivity contribution in [3.05, 3.63) is 35.7 Å². The highest BCUT2D eigenvalue weighted by Crippen LogP contribution is 2.15. The van der Waals surface area contributed by atoms with E-state index in [2.05, 4.69) is 28.2 Å². The smallest absolute Gasteiger partial charge is 0.0886 e. The summed E-state index contributed by atoms with van der Waals surface area (Å²) in [6, 6.07) is 6.02. The van der Waals surface area contributed by atoms with Gasteiger partial charge < -0.3 is 0 Å². The van der Waals surface area contributed by atoms with Crippen LogP contribution in [0, 0.1) is 13.8 Å². The molecule has 3 nitrogen and oxygen atoms in total. The molecule has 0 saturated heterocycles. The van der Waals surface area contributed by atoms with Gasteiger partial charge in [-0.3, -0.25) is 10.1 Å². The van der Waals surface area contributed by atoms with Crippen molar-refractivity contribution in [2.45, 2.75) is 13.8 Å². The number of aromatic amines is 1. The third-order valence-electron chi connectivity index (χ3n) is 1.87. The highest BCUT2D eigenvalue weighted by molar-refractivity contribution is 5.54. The zero-order valence-corrected chi connectivity index (χ0v) is 7.70. The minimum atomic E-state index is 0.954. The molecule has 0 saturated carbocycles. The summed E-state index contributed by atoms with van der Waals surface area (Å²) in [5.41, 5.74) is 4.17. The van der Waals surface area contributed by atoms with E-state index in [0.29, 0.717) is 0 Å². The monoisotopic (exact) mass is 173 g/mol. The molecule has 2 heterocycles. The number of nitrogens with zero attached hydrogens (tertiary/aromatic N) is 2. The lowest BCUT2D eigenvalue weighted by atomic mass is 10.2. The number of rotatable bonds is 1. The van der Waals surface area contributed by atoms with Gasteiger partial charge in [-0.1, -0.05) is 0 Å². The molecule has 0 radical (unpaired) electrons. The summed E-state index contributed by atoms with van der Waals surface area (Å²) in [4.78, 5) is 4.41. The predicted molar refractivity (Wildman–Crippen MR) is 51.3 cm³/mol. The van der Waals surface area contributed by atoms with Crippen LogP contribution >= 0.6 is 0 Å². The molecule has 0 aliphatic rings. The quantitative estimate of drug-likeness (QED) is 0.717. The van der Waals surface area contributed by atoms with Crippen molar-refractivity contribution in [1.29, 1.82) is 0 Å². The van der Waals surface area contributed by atoms with E-state index in [1.54, 1.807) is 6.20 Å². The van der Waals surface area contributed by atoms with Gasteiger partial charge >= 0.3 is 0 Å². The molecule has 0 amide bonds. The summed E-state index contributed by atoms with van der Waals surface area (Å²) in [7, 11) is 0. The number of nitrogens with one attached hydrogen (secondary N) is 1. The van der Waals surface area contributed by atoms with Gasteiger partial charge in [0.2, 0.25) is 0 Å². The Kier molecular flexibility index (Phi) is 1.85. The summed E-state index contributed by atoms with van der Waals surface area (Å²) >= 11 is 0. The number of aromatic nitrogens is 3. The highest BCUT2D eigenvalue weighted by atomic mass is 15.1. The Bertz CT molecular complexity index is 384. The standard InChI is InChI=1S/C10H11N3/c1-7-5-8(2)12-10(6-7)9-3-4-11-13-9/h3-6H,1-2H3,(H,11,13). The van der Waals surface area contributed by atoms with Crippen LogP contribution in [-0.2, 0) is 0 Å². The van der Waals surface area contributed by atoms with Crippen LogP contribution in [0.2, 0.25) is 0 Å². The lowest BCUT2D eigenvalue weighted by molar-refractivity contribution is 1.08. The second-order valence-electron chi connectivity index (χ2n) is 3.14. The Morgan fingerprint density at radius 1 is 1.23 bits per heavy atom. The summed E-state index contributed by atoms with van der Waals surface area (Å²) in [6.45, 7) is 4.06. The van der Waals surface area contributed by atoms with Crippen LogP contribution in [0.1, 0.15) is 11.3 Å². The Hall–Kier alpha value is -1.64. The number of pyridine rings is 1. The Morgan fingerprint density at radius 3 is 2.69 bits per heavy atom. The van der Waals surface area contributed by atoms with E-state index in [4.69, 9.17) is 0 Å². The number of H-pyrrole nitrogens is 1. The second-order valence-corrected chi connectivity index (χ2v) is 3.14. The summed E-state index contributed by atoms with van der Waals surface area (Å²) in [6.07, 6.45) is 1.73. The zero-order valence-electron chi connectivity index (χ0n) is 7.70. The van der Waals surface area contributed by atoms with E-state index in [1.165, 1.54) is 5.56 Å². The molecule has 0 aliphatic carbocycles. The van der Waals surface area contributed by atoms with Gasteiger partial charge in [-0.2, -0.15) is 5.10 Å². The average molecular weight is 173 g/mol. The van der Waals surface area contributed by atoms with Gasteiger partial charge in [0.1, 0.15) is 0 Å². The van der Waals surface area contributed by atoms with Gasteiger partial charge in [0.15, 0.2) is 0 Å². The van der Waals surface area contributed by atoms with Crippen molar-refractivity contribution in [2.24, 2.45) is 0 Å². The molecule has 0 fully saturated rings. The van der Waals surface area contributed by atoms with Gasteiger partial charge in [0, 0.05) is 11.9 Å². The lowest BCUT2D eigenvalue weighted by Gasteiger charge is -2.00. The fourth-order valence-electron chi connectivity index (χ4n) is 1.38. The molecule has 1 N–H and O–H groups in total. The Labute approximate surface area is 76.8 Å². The van der Waals surface area contributed by atoms with Crippen molar-refractivity contribution >= 4 is 0 Å². The first-order valence-electron chi connectivity index (χ1n) is 4.21. The molecule has 0 bridgehead atoms. The maximum absolute atomic E-state index is 4.41. The van der Waals surface area contributed by atoms with Gasteiger partial charge in [-0.15, -0.1) is 0 Å². The van der Waals surface area contributed by atoms with Crippen LogP contribution in [-0.4, -0.2) is 15.2 Å². The van der Waals surface area contributed by atoms with Crippen LogP contribution in [0.5, 0.6) is 0 Å². The molecule has 0 aromatic carbocycles. The zero-order chi connectivity index (χ0) is 9.26. The maximum atomic E-state index is 4.41. The maximum Gasteiger partial charge on any atom is 0.0886 e. The van der Waals surface area contributed by atoms with Gasteiger partial charge in [0.25, 0.3) is 0 Å². The molecule has 0 aliphatic heterocycles. The lowest BCUT2D eigenvalue weighted by Crippen LogP contribution is -1.88. The second kappa shape index (κ2) is 3.01. The summed E-state index contributed by atoms with van der Waals surface area (Å²) in [5.74, 6) is 0. The minimum absolute atomic E-state index is 0.954. The largest absolute Gasteiger partial charge is 0.276 e. The van der Waals surface area contributed by atoms with Crippen LogP contribution in [0.25, 0.3) is 11.4 Å². The van der Waals surface area contributed by atoms with E-state index in [9.17, 15) is 0 Å². The summed E-state index contributed by atoms with van der Waals surface area (Å²) < 4.78 is 0. The molecule has 0 unspecified atom stereocenters. The molecule has 13 heavy (non-hydrogen) atoms. The van der Waals surface area contributed by atoms with Crippen molar-refractivity contribution in [3.8, 4) is 11.4 Å². The molecule has 0 spiro atoms. The van der Waals surface area contributed by atoms with Crippen molar-refractivity contribution in [1.82, 2.24) is 15.2 Å². The molecule has 66 valence electrons. The number of hydrogen-bond donors (Lipinski definition) is 1. The average Bonchev–Trinajstić information content (AvgIpc) is 2.53. The topological polar surface area (TPSA) is 41.6 Å². The van der Waals surface area contributed by atoms with Crippen LogP contribution in [0.15, 0.2) is 24.4 Å². The van der Waals surface area contributed by atoms with Crippen LogP contribution < -0.4 is 0 Å². The molecule has 2 rings (SSSR count). The van der Waals surface area contributed by atoms with Crippen LogP contribution in [0.4, 0.5) is 0 Å². The van der Waals surface area contributed by atoms with Gasteiger partial charge in [0.05, 0.1) is 11.4 Å². The third-order valence-corrected chi connectivity index (χ3v) is 1.87. The minimum Gasteiger partial charge on any atom is -0.276 e. The molecule has 0 atom stereocenters. The van der Waals surface area contributed by atoms with Crippen molar-refractivity contribution in [3.63, 3.8) is 0 Å². The van der Waals surface area contributed by atoms with E-state index in [0.717, 1.165) is 17.1 Å². The normalized spacial score (nSPS) is 10.3. The van der Waals surface area contributed by atoms with Crippen molar-refractivity contribution in [2.75, 3.05) is 0 Å². The first-order valence-corrected chi connectivity index (χ1v) is 4.21. The highest BCUT2D eigenvalue weighted by Gasteiger charge is 2.01. The first kappa shape index (κ1) is 7.98. The molecule has 2 aromatic rings. The van der Waals surface area contributed by atoms with Gasteiger partial charge in [-0.25, -0.2) is 0 Å². The fourth-order valence-corrected chi connectivity index (χ4v) is 1.38.